The molecule has 57 heavy (non-hydrogen) atoms. The average molecular weight is 831 g/mol. The number of aliphatic carboxylic acids is 1. The van der Waals surface area contributed by atoms with E-state index in [2.05, 4.69) is 15.4 Å². The number of nitrogens with one attached hydrogen (secondary N) is 2. The molecule has 3 rings (SSSR count). The fraction of sp³-hybridized carbons (Fsp3) is 0.882. The van der Waals surface area contributed by atoms with Gasteiger partial charge >= 0.3 is 11.9 Å². The summed E-state index contributed by atoms with van der Waals surface area (Å²) in [6, 6.07) is -2.89. The Hall–Kier alpha value is -2.72. The van der Waals surface area contributed by atoms with Crippen molar-refractivity contribution in [3.8, 4) is 0 Å². The maximum absolute atomic E-state index is 12.8. The van der Waals surface area contributed by atoms with E-state index in [1.165, 1.54) is 7.11 Å². The van der Waals surface area contributed by atoms with Crippen molar-refractivity contribution < 1.29 is 103 Å². The number of esters is 1. The molecule has 23 heteroatoms. The predicted octanol–water partition coefficient (Wildman–Crippen LogP) is -5.54. The van der Waals surface area contributed by atoms with E-state index in [1.54, 1.807) is 0 Å². The lowest BCUT2D eigenvalue weighted by molar-refractivity contribution is -0.381. The lowest BCUT2D eigenvalue weighted by atomic mass is 9.88. The third-order valence-electron chi connectivity index (χ3n) is 10.0. The van der Waals surface area contributed by atoms with E-state index < -0.39 is 136 Å². The molecule has 0 aromatic heterocycles. The Balaban J connectivity index is 1.82. The third-order valence-corrected chi connectivity index (χ3v) is 10.0. The van der Waals surface area contributed by atoms with Crippen molar-refractivity contribution >= 4 is 24.3 Å². The van der Waals surface area contributed by atoms with Crippen LogP contribution >= 0.6 is 0 Å². The van der Waals surface area contributed by atoms with Gasteiger partial charge in [0.1, 0.15) is 67.1 Å². The van der Waals surface area contributed by atoms with Crippen molar-refractivity contribution in [2.24, 2.45) is 0 Å². The van der Waals surface area contributed by atoms with Crippen LogP contribution in [0.4, 0.5) is 0 Å². The molecule has 12 N–H and O–H groups in total. The van der Waals surface area contributed by atoms with Crippen molar-refractivity contribution in [2.75, 3.05) is 33.5 Å². The van der Waals surface area contributed by atoms with Gasteiger partial charge in [-0.3, -0.25) is 14.4 Å². The van der Waals surface area contributed by atoms with Gasteiger partial charge < -0.3 is 94.9 Å². The number of aliphatic hydroxyl groups excluding tert-OH is 9. The Morgan fingerprint density at radius 3 is 2.02 bits per heavy atom. The Morgan fingerprint density at radius 2 is 1.46 bits per heavy atom. The average Bonchev–Trinajstić information content (AvgIpc) is 3.18. The molecule has 330 valence electrons. The van der Waals surface area contributed by atoms with Crippen LogP contribution in [0, 0.1) is 0 Å². The Bertz CT molecular complexity index is 1270. The van der Waals surface area contributed by atoms with Crippen LogP contribution in [0.3, 0.4) is 0 Å². The van der Waals surface area contributed by atoms with E-state index in [-0.39, 0.29) is 19.0 Å². The number of rotatable bonds is 23. The van der Waals surface area contributed by atoms with Gasteiger partial charge in [0.25, 0.3) is 5.79 Å². The topological polar surface area (TPSA) is 359 Å². The van der Waals surface area contributed by atoms with E-state index >= 15 is 0 Å². The van der Waals surface area contributed by atoms with Crippen molar-refractivity contribution in [2.45, 2.75) is 156 Å². The first kappa shape index (κ1) is 48.6. The van der Waals surface area contributed by atoms with Crippen LogP contribution in [0.2, 0.25) is 0 Å². The van der Waals surface area contributed by atoms with Gasteiger partial charge in [-0.25, -0.2) is 4.79 Å². The molecule has 0 aliphatic carbocycles. The summed E-state index contributed by atoms with van der Waals surface area (Å²) in [5.41, 5.74) is 0. The van der Waals surface area contributed by atoms with Crippen LogP contribution in [0.1, 0.15) is 58.3 Å². The summed E-state index contributed by atoms with van der Waals surface area (Å²) in [5, 5.41) is 110. The van der Waals surface area contributed by atoms with Gasteiger partial charge in [-0.2, -0.15) is 0 Å². The number of aliphatic hydroxyl groups is 9. The van der Waals surface area contributed by atoms with E-state index in [9.17, 15) is 70.2 Å². The van der Waals surface area contributed by atoms with Gasteiger partial charge in [0, 0.05) is 26.4 Å². The molecular formula is C34H58N2O21. The first-order valence-electron chi connectivity index (χ1n) is 18.7. The second-order valence-corrected chi connectivity index (χ2v) is 14.1. The molecule has 16 atom stereocenters. The number of carbonyl (C=O) groups excluding carboxylic acids is 3. The Morgan fingerprint density at radius 1 is 0.860 bits per heavy atom. The highest BCUT2D eigenvalue weighted by Crippen LogP contribution is 2.38. The fourth-order valence-corrected chi connectivity index (χ4v) is 6.94. The highest BCUT2D eigenvalue weighted by atomic mass is 16.8. The second-order valence-electron chi connectivity index (χ2n) is 14.1. The first-order chi connectivity index (χ1) is 27.1. The van der Waals surface area contributed by atoms with Crippen molar-refractivity contribution in [3.63, 3.8) is 0 Å². The van der Waals surface area contributed by atoms with Crippen molar-refractivity contribution in [1.29, 1.82) is 0 Å². The minimum atomic E-state index is -3.05. The van der Waals surface area contributed by atoms with E-state index in [0.717, 1.165) is 32.6 Å². The second kappa shape index (κ2) is 23.2. The van der Waals surface area contributed by atoms with Gasteiger partial charge in [0.2, 0.25) is 12.3 Å². The molecule has 0 saturated carbocycles. The molecule has 11 unspecified atom stereocenters. The lowest BCUT2D eigenvalue weighted by Crippen LogP contribution is -2.71. The zero-order valence-corrected chi connectivity index (χ0v) is 31.7. The number of unbranched alkanes of at least 4 members (excludes halogenated alkanes) is 5. The lowest BCUT2D eigenvalue weighted by Gasteiger charge is -2.51. The van der Waals surface area contributed by atoms with Crippen molar-refractivity contribution in [1.82, 2.24) is 10.6 Å². The molecular weight excluding hydrogens is 772 g/mol. The fourth-order valence-electron chi connectivity index (χ4n) is 6.94. The minimum Gasteiger partial charge on any atom is -0.477 e. The van der Waals surface area contributed by atoms with E-state index in [4.69, 9.17) is 28.4 Å². The molecule has 3 aliphatic heterocycles. The summed E-state index contributed by atoms with van der Waals surface area (Å²) in [4.78, 5) is 47.7. The minimum absolute atomic E-state index is 0.0962. The molecule has 2 amide bonds. The highest BCUT2D eigenvalue weighted by molar-refractivity contribution is 5.76. The van der Waals surface area contributed by atoms with Gasteiger partial charge in [0.05, 0.1) is 39.1 Å². The number of amides is 2. The first-order valence-corrected chi connectivity index (χ1v) is 18.7. The zero-order valence-electron chi connectivity index (χ0n) is 31.7. The number of hydrogen-bond acceptors (Lipinski definition) is 20. The smallest absolute Gasteiger partial charge is 0.364 e. The summed E-state index contributed by atoms with van der Waals surface area (Å²) in [6.07, 6.45) is -20.0. The molecule has 0 spiro atoms. The maximum atomic E-state index is 12.8. The number of ether oxygens (including phenoxy) is 7. The summed E-state index contributed by atoms with van der Waals surface area (Å²) in [7, 11) is 1.33. The molecule has 3 aliphatic rings. The van der Waals surface area contributed by atoms with Crippen LogP contribution in [0.25, 0.3) is 0 Å². The van der Waals surface area contributed by atoms with Crippen LogP contribution in [-0.2, 0) is 52.3 Å². The molecule has 0 bridgehead atoms. The van der Waals surface area contributed by atoms with Gasteiger partial charge in [-0.05, 0) is 12.8 Å². The molecule has 23 nitrogen and oxygen atoms in total. The summed E-state index contributed by atoms with van der Waals surface area (Å²) < 4.78 is 39.0. The molecule has 3 heterocycles. The number of hydrogen-bond donors (Lipinski definition) is 12. The van der Waals surface area contributed by atoms with Crippen LogP contribution < -0.4 is 10.6 Å². The van der Waals surface area contributed by atoms with Crippen LogP contribution in [0.5, 0.6) is 0 Å². The Labute approximate surface area is 327 Å². The molecule has 0 radical (unpaired) electrons. The number of methoxy groups -OCH3 is 1. The quantitative estimate of drug-likeness (QED) is 0.0259. The summed E-state index contributed by atoms with van der Waals surface area (Å²) >= 11 is 0. The molecule has 0 aromatic rings. The standard InChI is InChI=1S/C34H58N2O21/c1-16(41)36-22-17(42)11-34(33(49)50,56-29(22)24(45)18(43)12-37)57-30-26(47)20(14-39)54-32(27(30)48)55-28-23(35-15-40)31(53-19(13-38)25(28)46)52-10-8-6-4-3-5-7-9-21(44)51-2/h15,17-20,22-32,37-39,42-43,45-48H,3-14H2,1-2H3,(H,35,40)(H,36,41)(H,49,50)/t17?,18?,19?,20?,22-,23?,24?,25+,26-,27?,28?,29?,30?,31-,32?,34+/m1/s1. The summed E-state index contributed by atoms with van der Waals surface area (Å²) in [6.45, 7) is -1.66. The maximum Gasteiger partial charge on any atom is 0.364 e. The molecule has 3 saturated heterocycles. The number of carboxylic acid groups (broad SMARTS) is 1. The van der Waals surface area contributed by atoms with Gasteiger partial charge in [-0.1, -0.05) is 25.7 Å². The summed E-state index contributed by atoms with van der Waals surface area (Å²) in [5.74, 6) is -6.05. The molecule has 3 fully saturated rings. The van der Waals surface area contributed by atoms with Crippen LogP contribution in [-0.4, -0.2) is 206 Å². The highest BCUT2D eigenvalue weighted by Gasteiger charge is 2.60. The monoisotopic (exact) mass is 830 g/mol. The predicted molar refractivity (Wildman–Crippen MR) is 185 cm³/mol. The van der Waals surface area contributed by atoms with Crippen molar-refractivity contribution in [3.05, 3.63) is 0 Å². The third kappa shape index (κ3) is 12.6. The van der Waals surface area contributed by atoms with Crippen LogP contribution in [0.15, 0.2) is 0 Å². The van der Waals surface area contributed by atoms with E-state index in [0.29, 0.717) is 19.3 Å². The largest absolute Gasteiger partial charge is 0.477 e. The number of carbonyl (C=O) groups is 4. The molecule has 0 aromatic carbocycles. The van der Waals surface area contributed by atoms with Gasteiger partial charge in [-0.15, -0.1) is 0 Å². The zero-order chi connectivity index (χ0) is 42.4. The van der Waals surface area contributed by atoms with Gasteiger partial charge in [0.15, 0.2) is 12.6 Å². The Kier molecular flexibility index (Phi) is 19.8. The van der Waals surface area contributed by atoms with E-state index in [1.807, 2.05) is 0 Å². The number of carboxylic acids is 1. The SMILES string of the molecule is COC(=O)CCCCCCCCO[C@@H]1OC(CO)[C@H](O)C(OC2OC(CO)[C@@H](O)C(O[C@]3(C(=O)O)CC(O)[C@@H](NC(C)=O)C(C(O)C(O)CO)O3)C2O)C1NC=O. The normalized spacial score (nSPS) is 36.8.